The summed E-state index contributed by atoms with van der Waals surface area (Å²) < 4.78 is 6.87. The van der Waals surface area contributed by atoms with Crippen LogP contribution in [0.5, 0.6) is 0 Å². The maximum atomic E-state index is 12.2. The summed E-state index contributed by atoms with van der Waals surface area (Å²) in [4.78, 5) is 12.2. The second-order valence-corrected chi connectivity index (χ2v) is 4.46. The van der Waals surface area contributed by atoms with Gasteiger partial charge in [0, 0.05) is 17.8 Å². The molecule has 0 fully saturated rings. The Labute approximate surface area is 105 Å². The number of nitrogens with zero attached hydrogens (tertiary/aromatic N) is 2. The van der Waals surface area contributed by atoms with Crippen molar-refractivity contribution < 1.29 is 4.42 Å². The summed E-state index contributed by atoms with van der Waals surface area (Å²) in [6.45, 7) is 5.69. The van der Waals surface area contributed by atoms with Gasteiger partial charge in [-0.15, -0.1) is 0 Å². The minimum atomic E-state index is -0.274. The SMILES string of the molecule is Cc1cn(C(C)C)c(=O)c(C#N)c1-c1ccco1. The number of pyridine rings is 1. The Morgan fingerprint density at radius 2 is 2.17 bits per heavy atom. The van der Waals surface area contributed by atoms with E-state index in [1.54, 1.807) is 22.9 Å². The molecule has 0 spiro atoms. The lowest BCUT2D eigenvalue weighted by atomic mass is 10.0. The van der Waals surface area contributed by atoms with E-state index >= 15 is 0 Å². The van der Waals surface area contributed by atoms with Crippen LogP contribution in [0.1, 0.15) is 31.0 Å². The van der Waals surface area contributed by atoms with Gasteiger partial charge in [0.25, 0.3) is 5.56 Å². The molecule has 0 saturated heterocycles. The Hall–Kier alpha value is -2.28. The third kappa shape index (κ3) is 1.84. The molecular weight excluding hydrogens is 228 g/mol. The van der Waals surface area contributed by atoms with Gasteiger partial charge in [-0.05, 0) is 38.5 Å². The van der Waals surface area contributed by atoms with Crippen molar-refractivity contribution in [2.24, 2.45) is 0 Å². The summed E-state index contributed by atoms with van der Waals surface area (Å²) in [7, 11) is 0. The van der Waals surface area contributed by atoms with E-state index < -0.39 is 0 Å². The molecule has 18 heavy (non-hydrogen) atoms. The number of rotatable bonds is 2. The number of hydrogen-bond donors (Lipinski definition) is 0. The van der Waals surface area contributed by atoms with Gasteiger partial charge < -0.3 is 8.98 Å². The highest BCUT2D eigenvalue weighted by Gasteiger charge is 2.17. The van der Waals surface area contributed by atoms with Crippen molar-refractivity contribution in [3.05, 3.63) is 46.1 Å². The predicted molar refractivity (Wildman–Crippen MR) is 68.2 cm³/mol. The van der Waals surface area contributed by atoms with Crippen molar-refractivity contribution in [2.75, 3.05) is 0 Å². The molecule has 4 nitrogen and oxygen atoms in total. The van der Waals surface area contributed by atoms with E-state index in [4.69, 9.17) is 4.42 Å². The first-order valence-electron chi connectivity index (χ1n) is 5.76. The van der Waals surface area contributed by atoms with E-state index in [-0.39, 0.29) is 17.2 Å². The molecule has 0 atom stereocenters. The van der Waals surface area contributed by atoms with Crippen LogP contribution in [0.25, 0.3) is 11.3 Å². The van der Waals surface area contributed by atoms with Gasteiger partial charge in [-0.3, -0.25) is 4.79 Å². The normalized spacial score (nSPS) is 10.6. The molecule has 2 aromatic heterocycles. The van der Waals surface area contributed by atoms with Gasteiger partial charge in [-0.1, -0.05) is 0 Å². The molecule has 0 aromatic carbocycles. The van der Waals surface area contributed by atoms with Crippen LogP contribution in [0.4, 0.5) is 0 Å². The second-order valence-electron chi connectivity index (χ2n) is 4.46. The summed E-state index contributed by atoms with van der Waals surface area (Å²) >= 11 is 0. The van der Waals surface area contributed by atoms with Crippen LogP contribution in [-0.4, -0.2) is 4.57 Å². The molecule has 0 radical (unpaired) electrons. The molecule has 0 aliphatic rings. The van der Waals surface area contributed by atoms with Crippen molar-refractivity contribution in [1.82, 2.24) is 4.57 Å². The Balaban J connectivity index is 2.81. The highest BCUT2D eigenvalue weighted by Crippen LogP contribution is 2.26. The lowest BCUT2D eigenvalue weighted by Crippen LogP contribution is -2.25. The summed E-state index contributed by atoms with van der Waals surface area (Å²) in [5.74, 6) is 0.553. The Morgan fingerprint density at radius 1 is 1.44 bits per heavy atom. The molecule has 92 valence electrons. The van der Waals surface area contributed by atoms with E-state index in [0.29, 0.717) is 11.3 Å². The number of aryl methyl sites for hydroxylation is 1. The van der Waals surface area contributed by atoms with E-state index in [9.17, 15) is 10.1 Å². The molecule has 2 aromatic rings. The van der Waals surface area contributed by atoms with Crippen LogP contribution in [0.2, 0.25) is 0 Å². The van der Waals surface area contributed by atoms with Crippen LogP contribution in [0.15, 0.2) is 33.8 Å². The maximum Gasteiger partial charge on any atom is 0.269 e. The van der Waals surface area contributed by atoms with Gasteiger partial charge in [0.15, 0.2) is 0 Å². The zero-order valence-corrected chi connectivity index (χ0v) is 10.6. The van der Waals surface area contributed by atoms with Gasteiger partial charge in [-0.25, -0.2) is 0 Å². The van der Waals surface area contributed by atoms with E-state index in [1.165, 1.54) is 6.26 Å². The van der Waals surface area contributed by atoms with Crippen LogP contribution in [0, 0.1) is 18.3 Å². The van der Waals surface area contributed by atoms with Gasteiger partial charge >= 0.3 is 0 Å². The van der Waals surface area contributed by atoms with Crippen molar-refractivity contribution in [3.8, 4) is 17.4 Å². The quantitative estimate of drug-likeness (QED) is 0.813. The lowest BCUT2D eigenvalue weighted by molar-refractivity contribution is 0.567. The molecule has 0 aliphatic carbocycles. The van der Waals surface area contributed by atoms with E-state index in [1.807, 2.05) is 26.8 Å². The Morgan fingerprint density at radius 3 is 2.67 bits per heavy atom. The van der Waals surface area contributed by atoms with Crippen molar-refractivity contribution in [1.29, 1.82) is 5.26 Å². The first kappa shape index (κ1) is 12.2. The number of aromatic nitrogens is 1. The topological polar surface area (TPSA) is 58.9 Å². The molecular formula is C14H14N2O2. The molecule has 0 amide bonds. The zero-order chi connectivity index (χ0) is 13.3. The highest BCUT2D eigenvalue weighted by molar-refractivity contribution is 5.68. The van der Waals surface area contributed by atoms with Crippen molar-refractivity contribution in [3.63, 3.8) is 0 Å². The molecule has 0 aliphatic heterocycles. The number of furan rings is 1. The van der Waals surface area contributed by atoms with Crippen LogP contribution in [0.3, 0.4) is 0 Å². The van der Waals surface area contributed by atoms with Gasteiger partial charge in [0.05, 0.1) is 6.26 Å². The smallest absolute Gasteiger partial charge is 0.269 e. The first-order valence-corrected chi connectivity index (χ1v) is 5.76. The van der Waals surface area contributed by atoms with Crippen LogP contribution in [-0.2, 0) is 0 Å². The standard InChI is InChI=1S/C14H14N2O2/c1-9(2)16-8-10(3)13(11(7-15)14(16)17)12-5-4-6-18-12/h4-6,8-9H,1-3H3. The van der Waals surface area contributed by atoms with E-state index in [0.717, 1.165) is 5.56 Å². The molecule has 0 bridgehead atoms. The van der Waals surface area contributed by atoms with Crippen molar-refractivity contribution >= 4 is 0 Å². The van der Waals surface area contributed by atoms with Crippen molar-refractivity contribution in [2.45, 2.75) is 26.8 Å². The second kappa shape index (κ2) is 4.53. The third-order valence-corrected chi connectivity index (χ3v) is 2.86. The minimum Gasteiger partial charge on any atom is -0.464 e. The van der Waals surface area contributed by atoms with Gasteiger partial charge in [0.2, 0.25) is 0 Å². The Kier molecular flexibility index (Phi) is 3.07. The minimum absolute atomic E-state index is 0.0222. The third-order valence-electron chi connectivity index (χ3n) is 2.86. The molecule has 2 heterocycles. The van der Waals surface area contributed by atoms with Gasteiger partial charge in [0.1, 0.15) is 17.4 Å². The Bertz CT molecular complexity index is 658. The first-order chi connectivity index (χ1) is 8.56. The molecule has 0 N–H and O–H groups in total. The number of nitriles is 1. The van der Waals surface area contributed by atoms with E-state index in [2.05, 4.69) is 0 Å². The fraction of sp³-hybridized carbons (Fsp3) is 0.286. The van der Waals surface area contributed by atoms with Gasteiger partial charge in [-0.2, -0.15) is 5.26 Å². The highest BCUT2D eigenvalue weighted by atomic mass is 16.3. The molecule has 4 heteroatoms. The zero-order valence-electron chi connectivity index (χ0n) is 10.6. The summed E-state index contributed by atoms with van der Waals surface area (Å²) in [5.41, 5.74) is 1.31. The molecule has 0 unspecified atom stereocenters. The molecule has 2 rings (SSSR count). The lowest BCUT2D eigenvalue weighted by Gasteiger charge is -2.14. The fourth-order valence-electron chi connectivity index (χ4n) is 1.99. The fourth-order valence-corrected chi connectivity index (χ4v) is 1.99. The molecule has 0 saturated carbocycles. The predicted octanol–water partition coefficient (Wildman–Crippen LogP) is 2.87. The summed E-state index contributed by atoms with van der Waals surface area (Å²) in [6, 6.07) is 5.51. The van der Waals surface area contributed by atoms with Crippen LogP contribution >= 0.6 is 0 Å². The monoisotopic (exact) mass is 242 g/mol. The van der Waals surface area contributed by atoms with Crippen LogP contribution < -0.4 is 5.56 Å². The summed E-state index contributed by atoms with van der Waals surface area (Å²) in [6.07, 6.45) is 3.30. The largest absolute Gasteiger partial charge is 0.464 e. The summed E-state index contributed by atoms with van der Waals surface area (Å²) in [5, 5.41) is 9.22. The average molecular weight is 242 g/mol. The number of hydrogen-bond acceptors (Lipinski definition) is 3. The maximum absolute atomic E-state index is 12.2. The average Bonchev–Trinajstić information content (AvgIpc) is 2.84.